The van der Waals surface area contributed by atoms with E-state index >= 15 is 0 Å². The lowest BCUT2D eigenvalue weighted by atomic mass is 9.77. The molecule has 0 N–H and O–H groups in total. The minimum atomic E-state index is -0.316. The van der Waals surface area contributed by atoms with Gasteiger partial charge >= 0.3 is 0 Å². The third kappa shape index (κ3) is 9.32. The fourth-order valence-corrected chi connectivity index (χ4v) is 9.08. The zero-order valence-electron chi connectivity index (χ0n) is 39.8. The first-order valence-corrected chi connectivity index (χ1v) is 23.7. The maximum absolute atomic E-state index is 5.20. The third-order valence-corrected chi connectivity index (χ3v) is 13.3. The number of aryl methyl sites for hydroxylation is 1. The van der Waals surface area contributed by atoms with Crippen molar-refractivity contribution in [3.05, 3.63) is 246 Å². The molecule has 69 heavy (non-hydrogen) atoms. The van der Waals surface area contributed by atoms with Gasteiger partial charge in [0.05, 0.1) is 5.70 Å². The molecule has 0 aliphatic carbocycles. The van der Waals surface area contributed by atoms with E-state index in [-0.39, 0.29) is 5.41 Å². The predicted octanol–water partition coefficient (Wildman–Crippen LogP) is 16.2. The molecule has 1 aromatic heterocycles. The summed E-state index contributed by atoms with van der Waals surface area (Å²) in [6.07, 6.45) is 5.17. The Morgan fingerprint density at radius 2 is 0.942 bits per heavy atom. The van der Waals surface area contributed by atoms with E-state index in [9.17, 15) is 0 Å². The number of rotatable bonds is 11. The Kier molecular flexibility index (Phi) is 12.3. The van der Waals surface area contributed by atoms with Gasteiger partial charge in [0.15, 0.2) is 23.3 Å². The van der Waals surface area contributed by atoms with Crippen LogP contribution < -0.4 is 0 Å². The summed E-state index contributed by atoms with van der Waals surface area (Å²) in [5, 5.41) is 7.00. The van der Waals surface area contributed by atoms with E-state index in [1.807, 2.05) is 6.92 Å². The molecule has 0 spiro atoms. The van der Waals surface area contributed by atoms with Gasteiger partial charge in [0.2, 0.25) is 0 Å². The maximum atomic E-state index is 5.20. The quantitative estimate of drug-likeness (QED) is 0.0960. The number of allylic oxidation sites excluding steroid dienone is 1. The summed E-state index contributed by atoms with van der Waals surface area (Å²) in [7, 11) is 0. The van der Waals surface area contributed by atoms with Crippen molar-refractivity contribution in [1.29, 1.82) is 0 Å². The van der Waals surface area contributed by atoms with Gasteiger partial charge in [-0.2, -0.15) is 0 Å². The highest BCUT2D eigenvalue weighted by atomic mass is 15.0. The molecule has 0 saturated carbocycles. The maximum Gasteiger partial charge on any atom is 0.164 e. The van der Waals surface area contributed by atoms with Gasteiger partial charge < -0.3 is 0 Å². The van der Waals surface area contributed by atoms with E-state index in [4.69, 9.17) is 24.9 Å². The summed E-state index contributed by atoms with van der Waals surface area (Å²) in [6.45, 7) is 15.3. The lowest BCUT2D eigenvalue weighted by Gasteiger charge is -2.26. The van der Waals surface area contributed by atoms with Crippen LogP contribution in [0.1, 0.15) is 73.6 Å². The smallest absolute Gasteiger partial charge is 0.164 e. The summed E-state index contributed by atoms with van der Waals surface area (Å²) < 4.78 is 0. The topological polar surface area (TPSA) is 63.4 Å². The van der Waals surface area contributed by atoms with Crippen LogP contribution in [-0.4, -0.2) is 26.5 Å². The van der Waals surface area contributed by atoms with Gasteiger partial charge in [-0.1, -0.05) is 209 Å². The van der Waals surface area contributed by atoms with Gasteiger partial charge in [-0.3, -0.25) is 0 Å². The van der Waals surface area contributed by atoms with Crippen LogP contribution in [0.2, 0.25) is 0 Å². The Bertz CT molecular complexity index is 3550. The zero-order chi connectivity index (χ0) is 47.5. The van der Waals surface area contributed by atoms with Crippen LogP contribution >= 0.6 is 0 Å². The Labute approximate surface area is 405 Å². The third-order valence-electron chi connectivity index (χ3n) is 13.3. The lowest BCUT2D eigenvalue weighted by molar-refractivity contribution is 0.641. The highest BCUT2D eigenvalue weighted by molar-refractivity contribution is 6.13. The molecule has 0 atom stereocenters. The SMILES string of the molecule is C=C(/N=C(\N=C(/C)c1ccc2ccccc2c1)c1ccc(CC)c(/C=C\C)c1)c1ccc(C(C)(C)c2ccc(-c3nc(-c4ccc5ccccc5c4)nc(-c4ccc5ccccc5c4)n3)cc2)cc1. The Balaban J connectivity index is 0.952. The molecule has 0 bridgehead atoms. The second-order valence-electron chi connectivity index (χ2n) is 18.1. The standard InChI is InChI=1S/C64H53N5/c1-7-15-51-39-55(27-22-44(51)8-2)61(66-43(4)50-26-23-46-16-9-12-19-52(46)38-50)65-42(3)45-30-34-58(35-31-45)64(5,6)59-36-32-49(33-37-59)60-67-62(56-28-24-47-17-10-13-20-53(47)40-56)69-63(68-60)57-29-25-48-18-11-14-21-54(48)41-57/h7,9-41H,3,8H2,1-2,4-6H3/b15-7-,65-61-,66-43+. The average molecular weight is 892 g/mol. The molecule has 9 aromatic carbocycles. The van der Waals surface area contributed by atoms with E-state index in [1.54, 1.807) is 0 Å². The first-order chi connectivity index (χ1) is 33.6. The number of hydrogen-bond acceptors (Lipinski definition) is 4. The van der Waals surface area contributed by atoms with Crippen LogP contribution in [-0.2, 0) is 11.8 Å². The normalized spacial score (nSPS) is 12.4. The van der Waals surface area contributed by atoms with Crippen LogP contribution in [0.15, 0.2) is 217 Å². The van der Waals surface area contributed by atoms with Gasteiger partial charge in [0.1, 0.15) is 0 Å². The summed E-state index contributed by atoms with van der Waals surface area (Å²) >= 11 is 0. The largest absolute Gasteiger partial charge is 0.233 e. The monoisotopic (exact) mass is 891 g/mol. The fraction of sp³-hybridized carbons (Fsp3) is 0.109. The number of hydrogen-bond donors (Lipinski definition) is 0. The van der Waals surface area contributed by atoms with E-state index in [1.165, 1.54) is 43.8 Å². The molecule has 0 fully saturated rings. The summed E-state index contributed by atoms with van der Waals surface area (Å²) in [4.78, 5) is 25.6. The van der Waals surface area contributed by atoms with E-state index in [0.29, 0.717) is 29.0 Å². The molecular weight excluding hydrogens is 839 g/mol. The number of aliphatic imine (C=N–C) groups is 2. The van der Waals surface area contributed by atoms with Crippen molar-refractivity contribution in [2.24, 2.45) is 9.98 Å². The number of fused-ring (bicyclic) bond motifs is 3. The van der Waals surface area contributed by atoms with Crippen molar-refractivity contribution in [2.45, 2.75) is 46.5 Å². The molecule has 0 saturated heterocycles. The van der Waals surface area contributed by atoms with Crippen LogP contribution in [0.3, 0.4) is 0 Å². The van der Waals surface area contributed by atoms with Crippen LogP contribution in [0.25, 0.3) is 78.3 Å². The molecular formula is C64H53N5. The minimum absolute atomic E-state index is 0.316. The van der Waals surface area contributed by atoms with Crippen molar-refractivity contribution in [1.82, 2.24) is 15.0 Å². The Morgan fingerprint density at radius 1 is 0.493 bits per heavy atom. The lowest BCUT2D eigenvalue weighted by Crippen LogP contribution is -2.18. The molecule has 0 aliphatic heterocycles. The molecule has 1 heterocycles. The summed E-state index contributed by atoms with van der Waals surface area (Å²) in [5.74, 6) is 2.52. The van der Waals surface area contributed by atoms with Crippen molar-refractivity contribution in [3.8, 4) is 34.2 Å². The van der Waals surface area contributed by atoms with Gasteiger partial charge in [-0.25, -0.2) is 24.9 Å². The predicted molar refractivity (Wildman–Crippen MR) is 292 cm³/mol. The molecule has 334 valence electrons. The van der Waals surface area contributed by atoms with Gasteiger partial charge in [-0.15, -0.1) is 0 Å². The van der Waals surface area contributed by atoms with Crippen molar-refractivity contribution < 1.29 is 0 Å². The number of benzene rings is 9. The number of amidine groups is 1. The van der Waals surface area contributed by atoms with Crippen molar-refractivity contribution >= 4 is 55.6 Å². The minimum Gasteiger partial charge on any atom is -0.233 e. The highest BCUT2D eigenvalue weighted by Gasteiger charge is 2.24. The second-order valence-corrected chi connectivity index (χ2v) is 18.1. The Morgan fingerprint density at radius 3 is 1.48 bits per heavy atom. The van der Waals surface area contributed by atoms with Gasteiger partial charge in [0, 0.05) is 33.4 Å². The summed E-state index contributed by atoms with van der Waals surface area (Å²) in [5.41, 5.74) is 11.7. The highest BCUT2D eigenvalue weighted by Crippen LogP contribution is 2.35. The zero-order valence-corrected chi connectivity index (χ0v) is 39.8. The molecule has 10 rings (SSSR count). The molecule has 5 nitrogen and oxygen atoms in total. The van der Waals surface area contributed by atoms with Crippen LogP contribution in [0.4, 0.5) is 0 Å². The number of aromatic nitrogens is 3. The molecule has 0 amide bonds. The first-order valence-electron chi connectivity index (χ1n) is 23.7. The molecule has 5 heteroatoms. The molecule has 0 unspecified atom stereocenters. The van der Waals surface area contributed by atoms with Crippen LogP contribution in [0.5, 0.6) is 0 Å². The van der Waals surface area contributed by atoms with E-state index < -0.39 is 0 Å². The molecule has 0 aliphatic rings. The first kappa shape index (κ1) is 44.4. The fourth-order valence-electron chi connectivity index (χ4n) is 9.08. The van der Waals surface area contributed by atoms with Crippen molar-refractivity contribution in [3.63, 3.8) is 0 Å². The van der Waals surface area contributed by atoms with Gasteiger partial charge in [0.25, 0.3) is 0 Å². The van der Waals surface area contributed by atoms with Crippen molar-refractivity contribution in [2.75, 3.05) is 0 Å². The molecule has 0 radical (unpaired) electrons. The number of nitrogens with zero attached hydrogens (tertiary/aromatic N) is 5. The Hall–Kier alpha value is -8.41. The van der Waals surface area contributed by atoms with Gasteiger partial charge in [-0.05, 0) is 110 Å². The van der Waals surface area contributed by atoms with E-state index in [2.05, 4.69) is 241 Å². The van der Waals surface area contributed by atoms with Crippen LogP contribution in [0, 0.1) is 0 Å². The van der Waals surface area contributed by atoms with E-state index in [0.717, 1.165) is 56.3 Å². The molecule has 10 aromatic rings. The summed E-state index contributed by atoms with van der Waals surface area (Å²) in [6, 6.07) is 68.1. The second kappa shape index (κ2) is 19.1. The average Bonchev–Trinajstić information content (AvgIpc) is 3.40.